The van der Waals surface area contributed by atoms with E-state index in [1.165, 1.54) is 0 Å². The van der Waals surface area contributed by atoms with Crippen LogP contribution in [-0.2, 0) is 4.74 Å². The van der Waals surface area contributed by atoms with Gasteiger partial charge in [-0.25, -0.2) is 0 Å². The quantitative estimate of drug-likeness (QED) is 0.917. The first-order chi connectivity index (χ1) is 9.39. The largest absolute Gasteiger partial charge is 0.497 e. The van der Waals surface area contributed by atoms with Crippen molar-refractivity contribution < 1.29 is 9.47 Å². The van der Waals surface area contributed by atoms with E-state index in [-0.39, 0.29) is 17.7 Å². The van der Waals surface area contributed by atoms with Crippen molar-refractivity contribution in [1.82, 2.24) is 4.90 Å². The normalized spacial score (nSPS) is 24.4. The molecule has 112 valence electrons. The van der Waals surface area contributed by atoms with E-state index in [1.54, 1.807) is 7.11 Å². The van der Waals surface area contributed by atoms with Gasteiger partial charge in [0.2, 0.25) is 0 Å². The van der Waals surface area contributed by atoms with Crippen LogP contribution in [0.3, 0.4) is 0 Å². The standard InChI is InChI=1S/C16H26N2O2/c1-12-9-18(11-16(2,3)20-12)10-15(17)13-6-5-7-14(8-13)19-4/h5-8,12,15H,9-11,17H2,1-4H3. The highest BCUT2D eigenvalue weighted by atomic mass is 16.5. The third-order valence-corrected chi connectivity index (χ3v) is 3.62. The number of nitrogens with zero attached hydrogens (tertiary/aromatic N) is 1. The molecular formula is C16H26N2O2. The van der Waals surface area contributed by atoms with Crippen LogP contribution in [0, 0.1) is 0 Å². The van der Waals surface area contributed by atoms with Crippen LogP contribution in [0.1, 0.15) is 32.4 Å². The molecule has 1 aromatic rings. The van der Waals surface area contributed by atoms with Crippen LogP contribution in [0.2, 0.25) is 0 Å². The lowest BCUT2D eigenvalue weighted by Crippen LogP contribution is -2.53. The fourth-order valence-electron chi connectivity index (χ4n) is 2.98. The van der Waals surface area contributed by atoms with Crippen LogP contribution in [-0.4, -0.2) is 43.3 Å². The molecule has 2 rings (SSSR count). The van der Waals surface area contributed by atoms with E-state index in [9.17, 15) is 0 Å². The number of nitrogens with two attached hydrogens (primary N) is 1. The summed E-state index contributed by atoms with van der Waals surface area (Å²) in [6, 6.07) is 7.99. The predicted octanol–water partition coefficient (Wildman–Crippen LogP) is 2.19. The Hall–Kier alpha value is -1.10. The zero-order valence-corrected chi connectivity index (χ0v) is 12.9. The molecule has 0 amide bonds. The Kier molecular flexibility index (Phi) is 4.68. The molecule has 2 atom stereocenters. The van der Waals surface area contributed by atoms with E-state index in [2.05, 4.69) is 31.7 Å². The first-order valence-corrected chi connectivity index (χ1v) is 7.19. The lowest BCUT2D eigenvalue weighted by Gasteiger charge is -2.42. The molecule has 0 radical (unpaired) electrons. The topological polar surface area (TPSA) is 47.7 Å². The van der Waals surface area contributed by atoms with Crippen molar-refractivity contribution >= 4 is 0 Å². The van der Waals surface area contributed by atoms with Crippen molar-refractivity contribution in [2.24, 2.45) is 5.73 Å². The minimum atomic E-state index is -0.105. The van der Waals surface area contributed by atoms with E-state index in [0.717, 1.165) is 30.9 Å². The number of ether oxygens (including phenoxy) is 2. The molecule has 4 heteroatoms. The maximum Gasteiger partial charge on any atom is 0.119 e. The minimum absolute atomic E-state index is 0.00815. The summed E-state index contributed by atoms with van der Waals surface area (Å²) in [7, 11) is 1.68. The van der Waals surface area contributed by atoms with Gasteiger partial charge in [-0.15, -0.1) is 0 Å². The zero-order valence-electron chi connectivity index (χ0n) is 12.9. The first-order valence-electron chi connectivity index (χ1n) is 7.19. The van der Waals surface area contributed by atoms with Crippen LogP contribution < -0.4 is 10.5 Å². The van der Waals surface area contributed by atoms with Gasteiger partial charge in [0.25, 0.3) is 0 Å². The molecule has 4 nitrogen and oxygen atoms in total. The number of morpholine rings is 1. The number of rotatable bonds is 4. The molecule has 2 unspecified atom stereocenters. The summed E-state index contributed by atoms with van der Waals surface area (Å²) >= 11 is 0. The zero-order chi connectivity index (χ0) is 14.8. The number of methoxy groups -OCH3 is 1. The van der Waals surface area contributed by atoms with Crippen molar-refractivity contribution in [1.29, 1.82) is 0 Å². The molecule has 0 spiro atoms. The molecule has 0 bridgehead atoms. The smallest absolute Gasteiger partial charge is 0.119 e. The average molecular weight is 278 g/mol. The number of benzene rings is 1. The summed E-state index contributed by atoms with van der Waals surface area (Å²) in [6.07, 6.45) is 0.247. The van der Waals surface area contributed by atoms with Gasteiger partial charge in [0.15, 0.2) is 0 Å². The summed E-state index contributed by atoms with van der Waals surface area (Å²) in [5, 5.41) is 0. The van der Waals surface area contributed by atoms with Crippen molar-refractivity contribution in [2.75, 3.05) is 26.7 Å². The molecule has 20 heavy (non-hydrogen) atoms. The molecule has 1 heterocycles. The van der Waals surface area contributed by atoms with Gasteiger partial charge in [0.1, 0.15) is 5.75 Å². The minimum Gasteiger partial charge on any atom is -0.497 e. The van der Waals surface area contributed by atoms with Gasteiger partial charge in [0, 0.05) is 25.7 Å². The molecule has 1 aliphatic rings. The van der Waals surface area contributed by atoms with E-state index in [1.807, 2.05) is 18.2 Å². The molecule has 0 saturated carbocycles. The van der Waals surface area contributed by atoms with Crippen LogP contribution in [0.4, 0.5) is 0 Å². The van der Waals surface area contributed by atoms with Gasteiger partial charge in [-0.3, -0.25) is 4.90 Å². The fraction of sp³-hybridized carbons (Fsp3) is 0.625. The van der Waals surface area contributed by atoms with Gasteiger partial charge in [-0.05, 0) is 38.5 Å². The van der Waals surface area contributed by atoms with Crippen LogP contribution >= 0.6 is 0 Å². The number of hydrogen-bond acceptors (Lipinski definition) is 4. The van der Waals surface area contributed by atoms with Gasteiger partial charge in [-0.2, -0.15) is 0 Å². The summed E-state index contributed by atoms with van der Waals surface area (Å²) < 4.78 is 11.2. The number of hydrogen-bond donors (Lipinski definition) is 1. The maximum atomic E-state index is 6.35. The van der Waals surface area contributed by atoms with Crippen molar-refractivity contribution in [3.8, 4) is 5.75 Å². The third kappa shape index (κ3) is 3.95. The van der Waals surface area contributed by atoms with Crippen LogP contribution in [0.25, 0.3) is 0 Å². The summed E-state index contributed by atoms with van der Waals surface area (Å²) in [5.41, 5.74) is 7.35. The van der Waals surface area contributed by atoms with E-state index in [4.69, 9.17) is 15.2 Å². The Morgan fingerprint density at radius 2 is 2.25 bits per heavy atom. The second-order valence-electron chi connectivity index (χ2n) is 6.27. The van der Waals surface area contributed by atoms with Crippen molar-refractivity contribution in [2.45, 2.75) is 38.5 Å². The summed E-state index contributed by atoms with van der Waals surface area (Å²) in [6.45, 7) is 9.06. The Balaban J connectivity index is 2.01. The van der Waals surface area contributed by atoms with Gasteiger partial charge < -0.3 is 15.2 Å². The van der Waals surface area contributed by atoms with E-state index in [0.29, 0.717) is 0 Å². The highest BCUT2D eigenvalue weighted by Gasteiger charge is 2.31. The summed E-state index contributed by atoms with van der Waals surface area (Å²) in [5.74, 6) is 0.855. The molecular weight excluding hydrogens is 252 g/mol. The monoisotopic (exact) mass is 278 g/mol. The third-order valence-electron chi connectivity index (χ3n) is 3.62. The van der Waals surface area contributed by atoms with E-state index >= 15 is 0 Å². The molecule has 1 aromatic carbocycles. The lowest BCUT2D eigenvalue weighted by atomic mass is 10.0. The van der Waals surface area contributed by atoms with Gasteiger partial charge in [0.05, 0.1) is 18.8 Å². The molecule has 0 aliphatic carbocycles. The average Bonchev–Trinajstić information content (AvgIpc) is 2.36. The second kappa shape index (κ2) is 6.12. The van der Waals surface area contributed by atoms with Gasteiger partial charge in [-0.1, -0.05) is 12.1 Å². The Bertz CT molecular complexity index is 448. The predicted molar refractivity (Wildman–Crippen MR) is 81.0 cm³/mol. The van der Waals surface area contributed by atoms with Crippen LogP contribution in [0.15, 0.2) is 24.3 Å². The van der Waals surface area contributed by atoms with Gasteiger partial charge >= 0.3 is 0 Å². The Morgan fingerprint density at radius 1 is 1.50 bits per heavy atom. The fourth-order valence-corrected chi connectivity index (χ4v) is 2.98. The first kappa shape index (κ1) is 15.3. The highest BCUT2D eigenvalue weighted by molar-refractivity contribution is 5.30. The molecule has 1 aliphatic heterocycles. The maximum absolute atomic E-state index is 6.35. The SMILES string of the molecule is COc1cccc(C(N)CN2CC(C)OC(C)(C)C2)c1. The van der Waals surface area contributed by atoms with Crippen molar-refractivity contribution in [3.63, 3.8) is 0 Å². The lowest BCUT2D eigenvalue weighted by molar-refractivity contribution is -0.129. The molecule has 2 N–H and O–H groups in total. The van der Waals surface area contributed by atoms with Crippen molar-refractivity contribution in [3.05, 3.63) is 29.8 Å². The Labute approximate surface area is 121 Å². The molecule has 1 fully saturated rings. The molecule has 0 aromatic heterocycles. The summed E-state index contributed by atoms with van der Waals surface area (Å²) in [4.78, 5) is 2.39. The van der Waals surface area contributed by atoms with Crippen LogP contribution in [0.5, 0.6) is 5.75 Å². The second-order valence-corrected chi connectivity index (χ2v) is 6.27. The Morgan fingerprint density at radius 3 is 2.90 bits per heavy atom. The highest BCUT2D eigenvalue weighted by Crippen LogP contribution is 2.23. The molecule has 1 saturated heterocycles. The van der Waals surface area contributed by atoms with E-state index < -0.39 is 0 Å².